The van der Waals surface area contributed by atoms with E-state index in [2.05, 4.69) is 5.16 Å². The van der Waals surface area contributed by atoms with E-state index in [1.165, 1.54) is 12.1 Å². The van der Waals surface area contributed by atoms with Crippen LogP contribution in [0.3, 0.4) is 0 Å². The van der Waals surface area contributed by atoms with E-state index in [1.807, 2.05) is 0 Å². The quantitative estimate of drug-likeness (QED) is 0.147. The summed E-state index contributed by atoms with van der Waals surface area (Å²) in [5, 5.41) is 3.95. The fourth-order valence-corrected chi connectivity index (χ4v) is 2.92. The van der Waals surface area contributed by atoms with Crippen molar-refractivity contribution in [2.75, 3.05) is 6.61 Å². The number of Topliss-reactive ketones (excluding diaryl/α,β-unsaturated/α-hetero) is 1. The summed E-state index contributed by atoms with van der Waals surface area (Å²) in [6, 6.07) is 14.9. The standard InChI is InChI=1S/C25H19F6NO3/c1-16(32-35-14-17-2-8-20(9-3-17)24(26,27)28)18-6-12-22(13-7-18)34-15-23(33)19-4-10-21(11-5-19)25(29,30)31/h2-13H,14-15H2,1H3/b32-16+. The topological polar surface area (TPSA) is 47.9 Å². The van der Waals surface area contributed by atoms with Crippen LogP contribution >= 0.6 is 0 Å². The van der Waals surface area contributed by atoms with Crippen LogP contribution in [0, 0.1) is 0 Å². The number of hydrogen-bond acceptors (Lipinski definition) is 4. The normalized spacial score (nSPS) is 12.4. The van der Waals surface area contributed by atoms with E-state index in [0.717, 1.165) is 36.4 Å². The molecule has 0 unspecified atom stereocenters. The van der Waals surface area contributed by atoms with E-state index in [4.69, 9.17) is 9.57 Å². The lowest BCUT2D eigenvalue weighted by atomic mass is 10.1. The first-order valence-electron chi connectivity index (χ1n) is 10.2. The van der Waals surface area contributed by atoms with Gasteiger partial charge < -0.3 is 9.57 Å². The molecule has 0 aliphatic rings. The van der Waals surface area contributed by atoms with Crippen LogP contribution in [0.4, 0.5) is 26.3 Å². The molecule has 0 saturated carbocycles. The highest BCUT2D eigenvalue weighted by Crippen LogP contribution is 2.30. The van der Waals surface area contributed by atoms with Crippen LogP contribution in [0.5, 0.6) is 5.75 Å². The summed E-state index contributed by atoms with van der Waals surface area (Å²) in [4.78, 5) is 17.4. The predicted octanol–water partition coefficient (Wildman–Crippen LogP) is 6.93. The zero-order chi connectivity index (χ0) is 25.6. The number of carbonyl (C=O) groups excluding carboxylic acids is 1. The molecule has 0 bridgehead atoms. The van der Waals surface area contributed by atoms with Crippen molar-refractivity contribution in [1.82, 2.24) is 0 Å². The Bertz CT molecular complexity index is 1170. The Kier molecular flexibility index (Phi) is 7.83. The molecule has 35 heavy (non-hydrogen) atoms. The van der Waals surface area contributed by atoms with Crippen molar-refractivity contribution in [3.05, 3.63) is 101 Å². The molecular formula is C25H19F6NO3. The maximum atomic E-state index is 12.6. The maximum absolute atomic E-state index is 12.6. The zero-order valence-electron chi connectivity index (χ0n) is 18.3. The second-order valence-electron chi connectivity index (χ2n) is 7.46. The van der Waals surface area contributed by atoms with E-state index in [0.29, 0.717) is 22.6 Å². The summed E-state index contributed by atoms with van der Waals surface area (Å²) < 4.78 is 81.0. The van der Waals surface area contributed by atoms with Crippen molar-refractivity contribution in [3.8, 4) is 5.75 Å². The molecule has 0 radical (unpaired) electrons. The van der Waals surface area contributed by atoms with Gasteiger partial charge in [0.1, 0.15) is 12.4 Å². The van der Waals surface area contributed by atoms with Gasteiger partial charge >= 0.3 is 12.4 Å². The third-order valence-electron chi connectivity index (χ3n) is 4.89. The van der Waals surface area contributed by atoms with Crippen LogP contribution in [0.2, 0.25) is 0 Å². The Morgan fingerprint density at radius 1 is 0.743 bits per heavy atom. The van der Waals surface area contributed by atoms with E-state index in [1.54, 1.807) is 31.2 Å². The van der Waals surface area contributed by atoms with Gasteiger partial charge in [-0.15, -0.1) is 0 Å². The minimum absolute atomic E-state index is 0.0112. The Balaban J connectivity index is 1.50. The van der Waals surface area contributed by atoms with Gasteiger partial charge in [-0.3, -0.25) is 4.79 Å². The molecule has 3 rings (SSSR count). The van der Waals surface area contributed by atoms with Gasteiger partial charge in [0.25, 0.3) is 0 Å². The largest absolute Gasteiger partial charge is 0.485 e. The third-order valence-corrected chi connectivity index (χ3v) is 4.89. The van der Waals surface area contributed by atoms with Crippen molar-refractivity contribution in [3.63, 3.8) is 0 Å². The number of hydrogen-bond donors (Lipinski definition) is 0. The molecule has 10 heteroatoms. The van der Waals surface area contributed by atoms with Crippen LogP contribution < -0.4 is 4.74 Å². The molecule has 184 valence electrons. The van der Waals surface area contributed by atoms with Gasteiger partial charge in [0.05, 0.1) is 16.8 Å². The lowest BCUT2D eigenvalue weighted by Crippen LogP contribution is -2.12. The molecule has 0 heterocycles. The second-order valence-corrected chi connectivity index (χ2v) is 7.46. The number of halogens is 6. The predicted molar refractivity (Wildman–Crippen MR) is 116 cm³/mol. The third kappa shape index (κ3) is 7.33. The van der Waals surface area contributed by atoms with E-state index >= 15 is 0 Å². The number of benzene rings is 3. The highest BCUT2D eigenvalue weighted by atomic mass is 19.4. The molecule has 0 spiro atoms. The highest BCUT2D eigenvalue weighted by Gasteiger charge is 2.30. The van der Waals surface area contributed by atoms with Crippen molar-refractivity contribution in [1.29, 1.82) is 0 Å². The number of nitrogens with zero attached hydrogens (tertiary/aromatic N) is 1. The fourth-order valence-electron chi connectivity index (χ4n) is 2.92. The van der Waals surface area contributed by atoms with Crippen LogP contribution in [0.1, 0.15) is 39.5 Å². The van der Waals surface area contributed by atoms with E-state index < -0.39 is 29.3 Å². The summed E-state index contributed by atoms with van der Waals surface area (Å²) in [6.45, 7) is 1.31. The van der Waals surface area contributed by atoms with Crippen LogP contribution in [0.25, 0.3) is 0 Å². The molecule has 0 aromatic heterocycles. The first kappa shape index (κ1) is 25.8. The lowest BCUT2D eigenvalue weighted by molar-refractivity contribution is -0.138. The van der Waals surface area contributed by atoms with Crippen LogP contribution in [-0.4, -0.2) is 18.1 Å². The van der Waals surface area contributed by atoms with Crippen molar-refractivity contribution in [2.45, 2.75) is 25.9 Å². The average molecular weight is 495 g/mol. The molecule has 0 saturated heterocycles. The molecule has 3 aromatic rings. The fraction of sp³-hybridized carbons (Fsp3) is 0.200. The van der Waals surface area contributed by atoms with Gasteiger partial charge in [0.2, 0.25) is 0 Å². The van der Waals surface area contributed by atoms with Gasteiger partial charge in [0.15, 0.2) is 12.4 Å². The average Bonchev–Trinajstić information content (AvgIpc) is 2.82. The highest BCUT2D eigenvalue weighted by molar-refractivity contribution is 5.98. The van der Waals surface area contributed by atoms with Gasteiger partial charge in [-0.25, -0.2) is 0 Å². The molecule has 0 aliphatic carbocycles. The number of rotatable bonds is 8. The number of ether oxygens (including phenoxy) is 1. The molecule has 0 amide bonds. The lowest BCUT2D eigenvalue weighted by Gasteiger charge is -2.09. The van der Waals surface area contributed by atoms with Gasteiger partial charge in [-0.2, -0.15) is 26.3 Å². The maximum Gasteiger partial charge on any atom is 0.416 e. The Labute approximate surface area is 196 Å². The van der Waals surface area contributed by atoms with Crippen LogP contribution in [-0.2, 0) is 23.8 Å². The van der Waals surface area contributed by atoms with E-state index in [9.17, 15) is 31.1 Å². The van der Waals surface area contributed by atoms with Crippen molar-refractivity contribution < 1.29 is 40.7 Å². The summed E-state index contributed by atoms with van der Waals surface area (Å²) >= 11 is 0. The smallest absolute Gasteiger partial charge is 0.416 e. The molecule has 0 N–H and O–H groups in total. The SMILES string of the molecule is C/C(=N\OCc1ccc(C(F)(F)F)cc1)c1ccc(OCC(=O)c2ccc(C(F)(F)F)cc2)cc1. The minimum Gasteiger partial charge on any atom is -0.485 e. The molecule has 0 fully saturated rings. The van der Waals surface area contributed by atoms with Crippen molar-refractivity contribution >= 4 is 11.5 Å². The van der Waals surface area contributed by atoms with Gasteiger partial charge in [-0.05, 0) is 66.6 Å². The molecule has 3 aromatic carbocycles. The number of oxime groups is 1. The Hall–Kier alpha value is -3.82. The number of ketones is 1. The molecule has 0 aliphatic heterocycles. The van der Waals surface area contributed by atoms with Gasteiger partial charge in [-0.1, -0.05) is 29.4 Å². The van der Waals surface area contributed by atoms with Crippen molar-refractivity contribution in [2.24, 2.45) is 5.16 Å². The Morgan fingerprint density at radius 3 is 1.74 bits per heavy atom. The van der Waals surface area contributed by atoms with Gasteiger partial charge in [0, 0.05) is 5.56 Å². The summed E-state index contributed by atoms with van der Waals surface area (Å²) in [5.74, 6) is -0.107. The minimum atomic E-state index is -4.48. The van der Waals surface area contributed by atoms with Crippen LogP contribution in [0.15, 0.2) is 78.0 Å². The number of carbonyl (C=O) groups is 1. The first-order chi connectivity index (χ1) is 16.4. The molecular weight excluding hydrogens is 476 g/mol. The first-order valence-corrected chi connectivity index (χ1v) is 10.2. The number of alkyl halides is 6. The summed E-state index contributed by atoms with van der Waals surface area (Å²) in [5.41, 5.74) is 0.220. The molecule has 4 nitrogen and oxygen atoms in total. The molecule has 0 atom stereocenters. The Morgan fingerprint density at radius 2 is 1.23 bits per heavy atom. The monoisotopic (exact) mass is 495 g/mol. The zero-order valence-corrected chi connectivity index (χ0v) is 18.3. The van der Waals surface area contributed by atoms with E-state index in [-0.39, 0.29) is 18.8 Å². The summed E-state index contributed by atoms with van der Waals surface area (Å²) in [6.07, 6.45) is -8.88. The summed E-state index contributed by atoms with van der Waals surface area (Å²) in [7, 11) is 0. The second kappa shape index (κ2) is 10.6.